The van der Waals surface area contributed by atoms with E-state index in [2.05, 4.69) is 46.3 Å². The van der Waals surface area contributed by atoms with Gasteiger partial charge in [0.15, 0.2) is 5.65 Å². The van der Waals surface area contributed by atoms with Gasteiger partial charge in [0.1, 0.15) is 0 Å². The molecule has 2 aromatic heterocycles. The number of hydrogen-bond acceptors (Lipinski definition) is 5. The van der Waals surface area contributed by atoms with E-state index in [1.165, 1.54) is 0 Å². The third-order valence-electron chi connectivity index (χ3n) is 6.41. The number of carbonyl (C=O) groups is 1. The monoisotopic (exact) mass is 454 g/mol. The molecule has 7 nitrogen and oxygen atoms in total. The van der Waals surface area contributed by atoms with Crippen LogP contribution in [0.15, 0.2) is 66.9 Å². The molecule has 7 heteroatoms. The summed E-state index contributed by atoms with van der Waals surface area (Å²) in [7, 11) is 2.15. The molecule has 1 fully saturated rings. The molecular formula is C27H30N6O. The van der Waals surface area contributed by atoms with E-state index in [4.69, 9.17) is 4.98 Å². The van der Waals surface area contributed by atoms with Gasteiger partial charge in [0, 0.05) is 44.8 Å². The summed E-state index contributed by atoms with van der Waals surface area (Å²) >= 11 is 0. The number of nitrogens with zero attached hydrogens (tertiary/aromatic N) is 5. The Morgan fingerprint density at radius 2 is 1.79 bits per heavy atom. The second-order valence-corrected chi connectivity index (χ2v) is 8.95. The highest BCUT2D eigenvalue weighted by molar-refractivity contribution is 6.06. The number of likely N-dealkylation sites (N-methyl/N-ethyl adjacent to an activating group) is 1. The second-order valence-electron chi connectivity index (χ2n) is 8.95. The molecule has 3 heterocycles. The van der Waals surface area contributed by atoms with E-state index in [-0.39, 0.29) is 5.91 Å². The van der Waals surface area contributed by atoms with Crippen molar-refractivity contribution >= 4 is 16.9 Å². The van der Waals surface area contributed by atoms with Gasteiger partial charge in [-0.1, -0.05) is 42.5 Å². The lowest BCUT2D eigenvalue weighted by atomic mass is 10.1. The van der Waals surface area contributed by atoms with Crippen molar-refractivity contribution in [3.05, 3.63) is 78.0 Å². The number of amides is 1. The number of hydrogen-bond donors (Lipinski definition) is 1. The van der Waals surface area contributed by atoms with Crippen LogP contribution in [0.1, 0.15) is 15.9 Å². The average Bonchev–Trinajstić information content (AvgIpc) is 3.29. The summed E-state index contributed by atoms with van der Waals surface area (Å²) in [5.41, 5.74) is 5.06. The van der Waals surface area contributed by atoms with Gasteiger partial charge in [-0.25, -0.2) is 9.67 Å². The van der Waals surface area contributed by atoms with Crippen molar-refractivity contribution in [2.75, 3.05) is 46.3 Å². The molecule has 0 saturated carbocycles. The Hall–Kier alpha value is -3.55. The topological polar surface area (TPSA) is 66.3 Å². The minimum atomic E-state index is -0.0949. The average molecular weight is 455 g/mol. The number of rotatable bonds is 6. The molecule has 1 aliphatic heterocycles. The SMILES string of the molecule is Cc1cccc(-n2ncc3c(C(=O)NCCN4CCN(C)CC4)cc(-c4ccccc4)nc32)c1. The van der Waals surface area contributed by atoms with Gasteiger partial charge >= 0.3 is 0 Å². The Labute approximate surface area is 200 Å². The van der Waals surface area contributed by atoms with E-state index in [9.17, 15) is 4.79 Å². The van der Waals surface area contributed by atoms with E-state index in [0.29, 0.717) is 17.8 Å². The number of aromatic nitrogens is 3. The fraction of sp³-hybridized carbons (Fsp3) is 0.296. The van der Waals surface area contributed by atoms with Gasteiger partial charge in [-0.2, -0.15) is 5.10 Å². The van der Waals surface area contributed by atoms with Gasteiger partial charge < -0.3 is 10.2 Å². The molecule has 0 atom stereocenters. The first-order valence-corrected chi connectivity index (χ1v) is 11.8. The van der Waals surface area contributed by atoms with Crippen molar-refractivity contribution < 1.29 is 4.79 Å². The van der Waals surface area contributed by atoms with E-state index in [1.54, 1.807) is 6.20 Å². The van der Waals surface area contributed by atoms with Crippen LogP contribution < -0.4 is 5.32 Å². The minimum absolute atomic E-state index is 0.0949. The van der Waals surface area contributed by atoms with Crippen LogP contribution in [0.2, 0.25) is 0 Å². The summed E-state index contributed by atoms with van der Waals surface area (Å²) in [6.45, 7) is 7.72. The van der Waals surface area contributed by atoms with Gasteiger partial charge in [0.05, 0.1) is 28.5 Å². The molecule has 174 valence electrons. The quantitative estimate of drug-likeness (QED) is 0.484. The zero-order valence-corrected chi connectivity index (χ0v) is 19.7. The van der Waals surface area contributed by atoms with Crippen LogP contribution in [0, 0.1) is 6.92 Å². The van der Waals surface area contributed by atoms with Crippen molar-refractivity contribution in [2.24, 2.45) is 0 Å². The Kier molecular flexibility index (Phi) is 6.38. The standard InChI is InChI=1S/C27H30N6O/c1-20-7-6-10-22(17-20)33-26-24(19-29-33)23(18-25(30-26)21-8-4-3-5-9-21)27(34)28-11-12-32-15-13-31(2)14-16-32/h3-10,17-19H,11-16H2,1-2H3,(H,28,34). The van der Waals surface area contributed by atoms with Crippen LogP contribution in [-0.4, -0.2) is 76.8 Å². The second kappa shape index (κ2) is 9.75. The number of carbonyl (C=O) groups excluding carboxylic acids is 1. The number of pyridine rings is 1. The Balaban J connectivity index is 1.47. The molecule has 1 amide bonds. The smallest absolute Gasteiger partial charge is 0.252 e. The molecule has 1 aliphatic rings. The first-order chi connectivity index (χ1) is 16.6. The summed E-state index contributed by atoms with van der Waals surface area (Å²) in [5, 5.41) is 8.48. The first kappa shape index (κ1) is 22.3. The largest absolute Gasteiger partial charge is 0.351 e. The minimum Gasteiger partial charge on any atom is -0.351 e. The third kappa shape index (κ3) is 4.71. The number of nitrogens with one attached hydrogen (secondary N) is 1. The molecule has 2 aromatic carbocycles. The highest BCUT2D eigenvalue weighted by atomic mass is 16.1. The number of fused-ring (bicyclic) bond motifs is 1. The number of piperazine rings is 1. The Morgan fingerprint density at radius 3 is 2.56 bits per heavy atom. The van der Waals surface area contributed by atoms with Crippen LogP contribution in [-0.2, 0) is 0 Å². The summed E-state index contributed by atoms with van der Waals surface area (Å²) < 4.78 is 1.82. The number of benzene rings is 2. The summed E-state index contributed by atoms with van der Waals surface area (Å²) in [6.07, 6.45) is 1.74. The van der Waals surface area contributed by atoms with Crippen LogP contribution in [0.3, 0.4) is 0 Å². The predicted molar refractivity (Wildman–Crippen MR) is 135 cm³/mol. The van der Waals surface area contributed by atoms with Crippen LogP contribution in [0.5, 0.6) is 0 Å². The highest BCUT2D eigenvalue weighted by Crippen LogP contribution is 2.26. The fourth-order valence-corrected chi connectivity index (χ4v) is 4.39. The van der Waals surface area contributed by atoms with Crippen molar-refractivity contribution in [3.8, 4) is 16.9 Å². The van der Waals surface area contributed by atoms with E-state index < -0.39 is 0 Å². The molecule has 4 aromatic rings. The third-order valence-corrected chi connectivity index (χ3v) is 6.41. The van der Waals surface area contributed by atoms with E-state index in [1.807, 2.05) is 53.2 Å². The summed E-state index contributed by atoms with van der Waals surface area (Å²) in [4.78, 5) is 23.0. The molecule has 34 heavy (non-hydrogen) atoms. The maximum absolute atomic E-state index is 13.3. The maximum Gasteiger partial charge on any atom is 0.252 e. The lowest BCUT2D eigenvalue weighted by molar-refractivity contribution is 0.0942. The lowest BCUT2D eigenvalue weighted by Gasteiger charge is -2.32. The van der Waals surface area contributed by atoms with Gasteiger partial charge in [0.25, 0.3) is 5.91 Å². The zero-order chi connectivity index (χ0) is 23.5. The number of aryl methyl sites for hydroxylation is 1. The van der Waals surface area contributed by atoms with Gasteiger partial charge in [-0.15, -0.1) is 0 Å². The van der Waals surface area contributed by atoms with Gasteiger partial charge in [-0.05, 0) is 37.7 Å². The van der Waals surface area contributed by atoms with E-state index >= 15 is 0 Å². The molecule has 0 bridgehead atoms. The van der Waals surface area contributed by atoms with Crippen molar-refractivity contribution in [2.45, 2.75) is 6.92 Å². The zero-order valence-electron chi connectivity index (χ0n) is 19.7. The molecule has 0 aliphatic carbocycles. The highest BCUT2D eigenvalue weighted by Gasteiger charge is 2.19. The Morgan fingerprint density at radius 1 is 1.00 bits per heavy atom. The summed E-state index contributed by atoms with van der Waals surface area (Å²) in [5.74, 6) is -0.0949. The normalized spacial score (nSPS) is 15.0. The maximum atomic E-state index is 13.3. The van der Waals surface area contributed by atoms with Crippen LogP contribution in [0.4, 0.5) is 0 Å². The molecule has 0 spiro atoms. The Bertz CT molecular complexity index is 1290. The molecule has 5 rings (SSSR count). The first-order valence-electron chi connectivity index (χ1n) is 11.8. The predicted octanol–water partition coefficient (Wildman–Crippen LogP) is 3.37. The van der Waals surface area contributed by atoms with Crippen LogP contribution >= 0.6 is 0 Å². The molecular weight excluding hydrogens is 424 g/mol. The van der Waals surface area contributed by atoms with E-state index in [0.717, 1.165) is 60.6 Å². The molecule has 0 radical (unpaired) electrons. The van der Waals surface area contributed by atoms with Gasteiger partial charge in [0.2, 0.25) is 0 Å². The molecule has 1 saturated heterocycles. The van der Waals surface area contributed by atoms with Gasteiger partial charge in [-0.3, -0.25) is 9.69 Å². The van der Waals surface area contributed by atoms with Crippen molar-refractivity contribution in [3.63, 3.8) is 0 Å². The van der Waals surface area contributed by atoms with Crippen LogP contribution in [0.25, 0.3) is 28.0 Å². The summed E-state index contributed by atoms with van der Waals surface area (Å²) in [6, 6.07) is 20.0. The molecule has 1 N–H and O–H groups in total. The lowest BCUT2D eigenvalue weighted by Crippen LogP contribution is -2.46. The molecule has 0 unspecified atom stereocenters. The van der Waals surface area contributed by atoms with Crippen molar-refractivity contribution in [1.82, 2.24) is 29.9 Å². The van der Waals surface area contributed by atoms with Crippen molar-refractivity contribution in [1.29, 1.82) is 0 Å². The fourth-order valence-electron chi connectivity index (χ4n) is 4.39.